The van der Waals surface area contributed by atoms with E-state index in [1.165, 1.54) is 0 Å². The van der Waals surface area contributed by atoms with Crippen LogP contribution in [0, 0.1) is 6.92 Å². The minimum Gasteiger partial charge on any atom is -0.339 e. The van der Waals surface area contributed by atoms with Crippen LogP contribution in [0.1, 0.15) is 37.1 Å². The Labute approximate surface area is 165 Å². The molecule has 0 saturated carbocycles. The molecule has 1 unspecified atom stereocenters. The van der Waals surface area contributed by atoms with Gasteiger partial charge < -0.3 is 9.42 Å². The van der Waals surface area contributed by atoms with Crippen molar-refractivity contribution in [1.29, 1.82) is 0 Å². The summed E-state index contributed by atoms with van der Waals surface area (Å²) in [6, 6.07) is 7.72. The van der Waals surface area contributed by atoms with Gasteiger partial charge in [-0.2, -0.15) is 4.98 Å². The number of aromatic nitrogens is 2. The van der Waals surface area contributed by atoms with Crippen LogP contribution < -0.4 is 4.72 Å². The summed E-state index contributed by atoms with van der Waals surface area (Å²) in [6.45, 7) is 2.91. The summed E-state index contributed by atoms with van der Waals surface area (Å²) in [4.78, 5) is 18.8. The van der Waals surface area contributed by atoms with Crippen molar-refractivity contribution in [3.05, 3.63) is 35.7 Å². The van der Waals surface area contributed by atoms with Crippen LogP contribution in [-0.2, 0) is 21.2 Å². The fourth-order valence-corrected chi connectivity index (χ4v) is 3.82. The second-order valence-corrected chi connectivity index (χ2v) is 9.07. The van der Waals surface area contributed by atoms with Gasteiger partial charge in [0.05, 0.1) is 6.26 Å². The Morgan fingerprint density at radius 1 is 1.29 bits per heavy atom. The van der Waals surface area contributed by atoms with Crippen molar-refractivity contribution in [2.24, 2.45) is 0 Å². The largest absolute Gasteiger partial charge is 0.339 e. The average molecular weight is 407 g/mol. The molecule has 0 aliphatic carbocycles. The first-order chi connectivity index (χ1) is 13.3. The molecule has 1 N–H and O–H groups in total. The molecule has 1 amide bonds. The number of sulfonamides is 1. The van der Waals surface area contributed by atoms with Crippen LogP contribution in [-0.4, -0.2) is 54.8 Å². The van der Waals surface area contributed by atoms with Gasteiger partial charge in [-0.15, -0.1) is 0 Å². The predicted octanol–water partition coefficient (Wildman–Crippen LogP) is 1.91. The first-order valence-corrected chi connectivity index (χ1v) is 11.3. The van der Waals surface area contributed by atoms with Gasteiger partial charge in [0.15, 0.2) is 0 Å². The van der Waals surface area contributed by atoms with Crippen LogP contribution in [0.4, 0.5) is 0 Å². The molecule has 0 radical (unpaired) electrons. The molecule has 152 valence electrons. The van der Waals surface area contributed by atoms with Gasteiger partial charge in [0.2, 0.25) is 27.6 Å². The SMILES string of the molecule is Cc1ccc(-c2noc(CCC(=O)N3CCCCC3CNS(C)(=O)=O)n2)cc1. The topological polar surface area (TPSA) is 105 Å². The highest BCUT2D eigenvalue weighted by Gasteiger charge is 2.27. The number of benzene rings is 1. The number of piperidine rings is 1. The Kier molecular flexibility index (Phi) is 6.46. The summed E-state index contributed by atoms with van der Waals surface area (Å²) in [7, 11) is -3.28. The standard InChI is InChI=1S/C19H26N4O4S/c1-14-6-8-15(9-7-14)19-21-17(27-22-19)10-11-18(24)23-12-4-3-5-16(23)13-20-28(2,25)26/h6-9,16,20H,3-5,10-13H2,1-2H3. The monoisotopic (exact) mass is 406 g/mol. The van der Waals surface area contributed by atoms with Gasteiger partial charge in [-0.3, -0.25) is 4.79 Å². The lowest BCUT2D eigenvalue weighted by atomic mass is 10.0. The quantitative estimate of drug-likeness (QED) is 0.753. The Morgan fingerprint density at radius 2 is 2.04 bits per heavy atom. The number of carbonyl (C=O) groups is 1. The number of nitrogens with one attached hydrogen (secondary N) is 1. The summed E-state index contributed by atoms with van der Waals surface area (Å²) in [5.74, 6) is 0.914. The van der Waals surface area contributed by atoms with Gasteiger partial charge in [-0.1, -0.05) is 35.0 Å². The van der Waals surface area contributed by atoms with Crippen LogP contribution in [0.3, 0.4) is 0 Å². The second kappa shape index (κ2) is 8.83. The van der Waals surface area contributed by atoms with Crippen LogP contribution >= 0.6 is 0 Å². The fourth-order valence-electron chi connectivity index (χ4n) is 3.32. The second-order valence-electron chi connectivity index (χ2n) is 7.24. The number of aryl methyl sites for hydroxylation is 2. The van der Waals surface area contributed by atoms with Crippen molar-refractivity contribution in [1.82, 2.24) is 19.8 Å². The Balaban J connectivity index is 1.57. The highest BCUT2D eigenvalue weighted by molar-refractivity contribution is 7.88. The van der Waals surface area contributed by atoms with Crippen LogP contribution in [0.2, 0.25) is 0 Å². The van der Waals surface area contributed by atoms with Gasteiger partial charge in [-0.25, -0.2) is 13.1 Å². The van der Waals surface area contributed by atoms with E-state index < -0.39 is 10.0 Å². The van der Waals surface area contributed by atoms with Crippen molar-refractivity contribution in [3.8, 4) is 11.4 Å². The van der Waals surface area contributed by atoms with Gasteiger partial charge in [0, 0.05) is 37.5 Å². The predicted molar refractivity (Wildman–Crippen MR) is 105 cm³/mol. The summed E-state index contributed by atoms with van der Waals surface area (Å²) in [5.41, 5.74) is 2.02. The number of carbonyl (C=O) groups excluding carboxylic acids is 1. The molecule has 9 heteroatoms. The van der Waals surface area contributed by atoms with Crippen molar-refractivity contribution in [3.63, 3.8) is 0 Å². The van der Waals surface area contributed by atoms with Crippen molar-refractivity contribution < 1.29 is 17.7 Å². The smallest absolute Gasteiger partial charge is 0.227 e. The molecule has 1 fully saturated rings. The van der Waals surface area contributed by atoms with E-state index in [0.717, 1.165) is 36.6 Å². The Hall–Kier alpha value is -2.26. The minimum atomic E-state index is -3.28. The first-order valence-electron chi connectivity index (χ1n) is 9.45. The Bertz CT molecular complexity index is 908. The molecule has 1 aromatic heterocycles. The average Bonchev–Trinajstić information content (AvgIpc) is 3.14. The van der Waals surface area contributed by atoms with Crippen molar-refractivity contribution in [2.75, 3.05) is 19.3 Å². The third kappa shape index (κ3) is 5.62. The summed E-state index contributed by atoms with van der Waals surface area (Å²) >= 11 is 0. The number of nitrogens with zero attached hydrogens (tertiary/aromatic N) is 3. The molecule has 1 aliphatic rings. The van der Waals surface area contributed by atoms with Crippen LogP contribution in [0.5, 0.6) is 0 Å². The van der Waals surface area contributed by atoms with E-state index in [-0.39, 0.29) is 24.9 Å². The van der Waals surface area contributed by atoms with E-state index in [1.54, 1.807) is 4.90 Å². The highest BCUT2D eigenvalue weighted by Crippen LogP contribution is 2.20. The zero-order valence-corrected chi connectivity index (χ0v) is 17.0. The lowest BCUT2D eigenvalue weighted by molar-refractivity contribution is -0.134. The molecular formula is C19H26N4O4S. The van der Waals surface area contributed by atoms with E-state index in [1.807, 2.05) is 31.2 Å². The van der Waals surface area contributed by atoms with Gasteiger partial charge in [-0.05, 0) is 26.2 Å². The van der Waals surface area contributed by atoms with E-state index in [2.05, 4.69) is 14.9 Å². The maximum atomic E-state index is 12.7. The maximum Gasteiger partial charge on any atom is 0.227 e. The third-order valence-electron chi connectivity index (χ3n) is 4.86. The van der Waals surface area contributed by atoms with Gasteiger partial charge in [0.1, 0.15) is 0 Å². The molecule has 1 atom stereocenters. The zero-order valence-electron chi connectivity index (χ0n) is 16.2. The number of amides is 1. The number of hydrogen-bond acceptors (Lipinski definition) is 6. The maximum absolute atomic E-state index is 12.7. The molecule has 2 aromatic rings. The third-order valence-corrected chi connectivity index (χ3v) is 5.55. The molecule has 3 rings (SSSR count). The Morgan fingerprint density at radius 3 is 2.75 bits per heavy atom. The lowest BCUT2D eigenvalue weighted by Crippen LogP contribution is -2.49. The van der Waals surface area contributed by atoms with E-state index in [4.69, 9.17) is 4.52 Å². The molecule has 0 bridgehead atoms. The van der Waals surface area contributed by atoms with Gasteiger partial charge in [0.25, 0.3) is 0 Å². The van der Waals surface area contributed by atoms with Crippen LogP contribution in [0.15, 0.2) is 28.8 Å². The molecular weight excluding hydrogens is 380 g/mol. The molecule has 8 nitrogen and oxygen atoms in total. The summed E-state index contributed by atoms with van der Waals surface area (Å²) < 4.78 is 30.5. The number of hydrogen-bond donors (Lipinski definition) is 1. The van der Waals surface area contributed by atoms with Crippen LogP contribution in [0.25, 0.3) is 11.4 Å². The lowest BCUT2D eigenvalue weighted by Gasteiger charge is -2.35. The van der Waals surface area contributed by atoms with E-state index in [9.17, 15) is 13.2 Å². The first kappa shape index (κ1) is 20.5. The van der Waals surface area contributed by atoms with E-state index >= 15 is 0 Å². The molecule has 1 saturated heterocycles. The van der Waals surface area contributed by atoms with Crippen molar-refractivity contribution >= 4 is 15.9 Å². The van der Waals surface area contributed by atoms with Crippen molar-refractivity contribution in [2.45, 2.75) is 45.1 Å². The zero-order chi connectivity index (χ0) is 20.1. The molecule has 1 aliphatic heterocycles. The minimum absolute atomic E-state index is 0.0184. The summed E-state index contributed by atoms with van der Waals surface area (Å²) in [6.07, 6.45) is 4.46. The molecule has 2 heterocycles. The summed E-state index contributed by atoms with van der Waals surface area (Å²) in [5, 5.41) is 3.99. The van der Waals surface area contributed by atoms with E-state index in [0.29, 0.717) is 24.7 Å². The normalized spacial score (nSPS) is 17.6. The molecule has 0 spiro atoms. The molecule has 28 heavy (non-hydrogen) atoms. The molecule has 1 aromatic carbocycles. The fraction of sp³-hybridized carbons (Fsp3) is 0.526. The van der Waals surface area contributed by atoms with Gasteiger partial charge >= 0.3 is 0 Å². The number of rotatable bonds is 7. The highest BCUT2D eigenvalue weighted by atomic mass is 32.2. The number of likely N-dealkylation sites (tertiary alicyclic amines) is 1.